The molecule has 0 fully saturated rings. The van der Waals surface area contributed by atoms with E-state index in [2.05, 4.69) is 5.10 Å². The van der Waals surface area contributed by atoms with Crippen LogP contribution in [0.15, 0.2) is 0 Å². The molecule has 0 aromatic carbocycles. The lowest BCUT2D eigenvalue weighted by atomic mass is 9.93. The molecule has 4 nitrogen and oxygen atoms in total. The van der Waals surface area contributed by atoms with Crippen molar-refractivity contribution in [2.75, 3.05) is 0 Å². The van der Waals surface area contributed by atoms with Gasteiger partial charge in [0.2, 0.25) is 0 Å². The summed E-state index contributed by atoms with van der Waals surface area (Å²) in [4.78, 5) is 10.6. The highest BCUT2D eigenvalue weighted by Gasteiger charge is 2.14. The lowest BCUT2D eigenvalue weighted by molar-refractivity contribution is 0.0686. The Hall–Kier alpha value is -1.26. The molecular weight excluding hydrogens is 143 g/mol. The van der Waals surface area contributed by atoms with E-state index in [1.807, 2.05) is 0 Å². The first-order chi connectivity index (χ1) is 5.04. The molecule has 0 aliphatic rings. The van der Waals surface area contributed by atoms with E-state index in [1.165, 1.54) is 4.68 Å². The van der Waals surface area contributed by atoms with Crippen molar-refractivity contribution < 1.29 is 9.90 Å². The Balaban J connectivity index is 3.34. The molecule has 1 heterocycles. The molecule has 5 heteroatoms. The molecule has 1 aromatic rings. The van der Waals surface area contributed by atoms with Crippen molar-refractivity contribution in [1.82, 2.24) is 9.78 Å². The molecule has 0 radical (unpaired) electrons. The van der Waals surface area contributed by atoms with Gasteiger partial charge in [0.15, 0.2) is 0 Å². The molecule has 0 atom stereocenters. The number of nitrogens with zero attached hydrogens (tertiary/aromatic N) is 2. The predicted molar refractivity (Wildman–Crippen MR) is 43.1 cm³/mol. The van der Waals surface area contributed by atoms with E-state index in [4.69, 9.17) is 5.11 Å². The van der Waals surface area contributed by atoms with Crippen molar-refractivity contribution in [1.29, 1.82) is 0 Å². The van der Waals surface area contributed by atoms with E-state index in [0.29, 0.717) is 0 Å². The van der Waals surface area contributed by atoms with E-state index < -0.39 is 5.97 Å². The van der Waals surface area contributed by atoms with Crippen molar-refractivity contribution in [2.45, 2.75) is 6.92 Å². The van der Waals surface area contributed by atoms with Crippen LogP contribution in [0.4, 0.5) is 0 Å². The van der Waals surface area contributed by atoms with Gasteiger partial charge in [0.05, 0.1) is 5.69 Å². The zero-order valence-electron chi connectivity index (χ0n) is 6.75. The van der Waals surface area contributed by atoms with Gasteiger partial charge in [-0.15, -0.1) is 0 Å². The molecular formula is C6H9BN2O2. The van der Waals surface area contributed by atoms with E-state index in [1.54, 1.807) is 21.8 Å². The number of aryl methyl sites for hydroxylation is 2. The van der Waals surface area contributed by atoms with Gasteiger partial charge < -0.3 is 5.11 Å². The molecule has 0 spiro atoms. The van der Waals surface area contributed by atoms with E-state index in [0.717, 1.165) is 11.2 Å². The molecule has 0 saturated carbocycles. The minimum Gasteiger partial charge on any atom is -0.477 e. The first kappa shape index (κ1) is 7.85. The van der Waals surface area contributed by atoms with Crippen LogP contribution in [0.5, 0.6) is 0 Å². The highest BCUT2D eigenvalue weighted by molar-refractivity contribution is 6.36. The average molecular weight is 152 g/mol. The van der Waals surface area contributed by atoms with Gasteiger partial charge in [0, 0.05) is 7.05 Å². The van der Waals surface area contributed by atoms with Crippen LogP contribution in [0.3, 0.4) is 0 Å². The summed E-state index contributed by atoms with van der Waals surface area (Å²) in [6.45, 7) is 1.79. The van der Waals surface area contributed by atoms with Crippen LogP contribution in [0, 0.1) is 6.92 Å². The summed E-state index contributed by atoms with van der Waals surface area (Å²) in [7, 11) is 3.38. The Morgan fingerprint density at radius 3 is 2.45 bits per heavy atom. The summed E-state index contributed by atoms with van der Waals surface area (Å²) in [6.07, 6.45) is 0. The second-order valence-electron chi connectivity index (χ2n) is 2.49. The highest BCUT2D eigenvalue weighted by Crippen LogP contribution is 1.96. The number of carbonyl (C=O) groups is 1. The van der Waals surface area contributed by atoms with Crippen LogP contribution in [-0.4, -0.2) is 28.7 Å². The third-order valence-corrected chi connectivity index (χ3v) is 1.72. The molecule has 1 aromatic heterocycles. The molecule has 0 unspecified atom stereocenters. The summed E-state index contributed by atoms with van der Waals surface area (Å²) in [5.41, 5.74) is 1.77. The quantitative estimate of drug-likeness (QED) is 0.508. The van der Waals surface area contributed by atoms with Crippen LogP contribution in [0.1, 0.15) is 16.2 Å². The summed E-state index contributed by atoms with van der Waals surface area (Å²) >= 11 is 0. The van der Waals surface area contributed by atoms with Crippen molar-refractivity contribution in [3.8, 4) is 0 Å². The highest BCUT2D eigenvalue weighted by atomic mass is 16.4. The fourth-order valence-corrected chi connectivity index (χ4v) is 1.06. The van der Waals surface area contributed by atoms with Gasteiger partial charge in [-0.1, -0.05) is 0 Å². The van der Waals surface area contributed by atoms with Gasteiger partial charge in [-0.2, -0.15) is 5.10 Å². The number of rotatable bonds is 1. The van der Waals surface area contributed by atoms with Crippen LogP contribution >= 0.6 is 0 Å². The average Bonchev–Trinajstić information content (AvgIpc) is 2.07. The Morgan fingerprint density at radius 1 is 1.73 bits per heavy atom. The monoisotopic (exact) mass is 152 g/mol. The SMILES string of the molecule is Bc1c(C)nn(C)c1C(=O)O. The second-order valence-corrected chi connectivity index (χ2v) is 2.49. The van der Waals surface area contributed by atoms with Crippen molar-refractivity contribution in [3.05, 3.63) is 11.4 Å². The Kier molecular flexibility index (Phi) is 1.72. The van der Waals surface area contributed by atoms with Crippen molar-refractivity contribution in [3.63, 3.8) is 0 Å². The van der Waals surface area contributed by atoms with Crippen LogP contribution in [-0.2, 0) is 7.05 Å². The third kappa shape index (κ3) is 1.13. The zero-order chi connectivity index (χ0) is 8.59. The first-order valence-corrected chi connectivity index (χ1v) is 3.27. The van der Waals surface area contributed by atoms with Gasteiger partial charge in [-0.05, 0) is 12.4 Å². The van der Waals surface area contributed by atoms with E-state index in [9.17, 15) is 4.79 Å². The van der Waals surface area contributed by atoms with Crippen molar-refractivity contribution >= 4 is 19.3 Å². The Bertz CT molecular complexity index is 306. The molecule has 1 N–H and O–H groups in total. The topological polar surface area (TPSA) is 55.1 Å². The number of aromatic carboxylic acids is 1. The number of carboxylic acids is 1. The second kappa shape index (κ2) is 2.41. The molecule has 0 aliphatic carbocycles. The largest absolute Gasteiger partial charge is 0.477 e. The number of aromatic nitrogens is 2. The zero-order valence-corrected chi connectivity index (χ0v) is 6.75. The Labute approximate surface area is 65.2 Å². The minimum atomic E-state index is -0.925. The maximum absolute atomic E-state index is 10.6. The fourth-order valence-electron chi connectivity index (χ4n) is 1.06. The minimum absolute atomic E-state index is 0.266. The van der Waals surface area contributed by atoms with Gasteiger partial charge >= 0.3 is 5.97 Å². The molecule has 0 saturated heterocycles. The summed E-state index contributed by atoms with van der Waals surface area (Å²) in [6, 6.07) is 0. The predicted octanol–water partition coefficient (Wildman–Crippen LogP) is -1.31. The molecule has 58 valence electrons. The van der Waals surface area contributed by atoms with Gasteiger partial charge in [0.25, 0.3) is 0 Å². The summed E-state index contributed by atoms with van der Waals surface area (Å²) in [5.74, 6) is -0.925. The normalized spacial score (nSPS) is 10.0. The van der Waals surface area contributed by atoms with Gasteiger partial charge in [-0.25, -0.2) is 4.79 Å². The Morgan fingerprint density at radius 2 is 2.27 bits per heavy atom. The van der Waals surface area contributed by atoms with E-state index >= 15 is 0 Å². The third-order valence-electron chi connectivity index (χ3n) is 1.72. The van der Waals surface area contributed by atoms with Gasteiger partial charge in [-0.3, -0.25) is 4.68 Å². The molecule has 11 heavy (non-hydrogen) atoms. The molecule has 0 amide bonds. The molecule has 1 rings (SSSR count). The van der Waals surface area contributed by atoms with Crippen LogP contribution in [0.2, 0.25) is 0 Å². The smallest absolute Gasteiger partial charge is 0.353 e. The number of carboxylic acid groups (broad SMARTS) is 1. The van der Waals surface area contributed by atoms with Crippen LogP contribution in [0.25, 0.3) is 0 Å². The lowest BCUT2D eigenvalue weighted by Crippen LogP contribution is -2.17. The lowest BCUT2D eigenvalue weighted by Gasteiger charge is -1.94. The molecule has 0 bridgehead atoms. The van der Waals surface area contributed by atoms with Gasteiger partial charge in [0.1, 0.15) is 13.5 Å². The number of hydrogen-bond donors (Lipinski definition) is 1. The fraction of sp³-hybridized carbons (Fsp3) is 0.333. The van der Waals surface area contributed by atoms with Crippen molar-refractivity contribution in [2.24, 2.45) is 7.05 Å². The molecule has 0 aliphatic heterocycles. The summed E-state index contributed by atoms with van der Waals surface area (Å²) < 4.78 is 1.38. The first-order valence-electron chi connectivity index (χ1n) is 3.27. The summed E-state index contributed by atoms with van der Waals surface area (Å²) in [5, 5.41) is 12.7. The standard InChI is InChI=1S/C6H9BN2O2/c1-3-4(7)5(6(10)11)9(2)8-3/h7H2,1-2H3,(H,10,11). The number of hydrogen-bond acceptors (Lipinski definition) is 2. The maximum Gasteiger partial charge on any atom is 0.353 e. The maximum atomic E-state index is 10.6. The van der Waals surface area contributed by atoms with Crippen LogP contribution < -0.4 is 5.46 Å². The van der Waals surface area contributed by atoms with E-state index in [-0.39, 0.29) is 5.69 Å².